The number of benzene rings is 3. The summed E-state index contributed by atoms with van der Waals surface area (Å²) >= 11 is 6.14. The molecule has 0 radical (unpaired) electrons. The average Bonchev–Trinajstić information content (AvgIpc) is 3.14. The van der Waals surface area contributed by atoms with Crippen LogP contribution in [0.25, 0.3) is 0 Å². The monoisotopic (exact) mass is 477 g/mol. The number of amides is 1. The van der Waals surface area contributed by atoms with E-state index in [0.717, 1.165) is 22.6 Å². The lowest BCUT2D eigenvalue weighted by Crippen LogP contribution is -2.13. The average molecular weight is 478 g/mol. The Hall–Kier alpha value is -3.64. The van der Waals surface area contributed by atoms with Crippen LogP contribution in [0.4, 0.5) is 10.2 Å². The van der Waals surface area contributed by atoms with Crippen LogP contribution >= 0.6 is 11.6 Å². The molecule has 0 atom stereocenters. The molecule has 5 nitrogen and oxygen atoms in total. The zero-order valence-electron chi connectivity index (χ0n) is 19.2. The lowest BCUT2D eigenvalue weighted by molar-refractivity contribution is 0.102. The number of carbonyl (C=O) groups is 1. The maximum atomic E-state index is 14.1. The van der Waals surface area contributed by atoms with Gasteiger partial charge in [-0.05, 0) is 62.2 Å². The summed E-state index contributed by atoms with van der Waals surface area (Å²) in [4.78, 5) is 12.8. The molecule has 0 aliphatic carbocycles. The fraction of sp³-hybridized carbons (Fsp3) is 0.185. The minimum absolute atomic E-state index is 0.165. The SMILES string of the molecule is Cc1ccc(OCc2cccc(C(=O)Nc3cc(C)n(Cc4c(F)cccc4Cl)n3)c2)c(C)c1. The van der Waals surface area contributed by atoms with E-state index in [0.29, 0.717) is 28.6 Å². The Labute approximate surface area is 203 Å². The van der Waals surface area contributed by atoms with Crippen LogP contribution in [0.2, 0.25) is 5.02 Å². The topological polar surface area (TPSA) is 56.1 Å². The maximum Gasteiger partial charge on any atom is 0.256 e. The van der Waals surface area contributed by atoms with Gasteiger partial charge in [0.2, 0.25) is 0 Å². The van der Waals surface area contributed by atoms with Crippen LogP contribution in [0, 0.1) is 26.6 Å². The van der Waals surface area contributed by atoms with Gasteiger partial charge in [0.15, 0.2) is 5.82 Å². The Bertz CT molecular complexity index is 1330. The molecule has 3 aromatic carbocycles. The van der Waals surface area contributed by atoms with E-state index in [1.54, 1.807) is 35.0 Å². The van der Waals surface area contributed by atoms with Crippen molar-refractivity contribution in [3.63, 3.8) is 0 Å². The number of carbonyl (C=O) groups excluding carboxylic acids is 1. The summed E-state index contributed by atoms with van der Waals surface area (Å²) in [5.74, 6) is 0.512. The fourth-order valence-corrected chi connectivity index (χ4v) is 3.90. The highest BCUT2D eigenvalue weighted by atomic mass is 35.5. The zero-order chi connectivity index (χ0) is 24.2. The van der Waals surface area contributed by atoms with Crippen molar-refractivity contribution in [3.8, 4) is 5.75 Å². The summed E-state index contributed by atoms with van der Waals surface area (Å²) in [7, 11) is 0. The molecule has 0 aliphatic heterocycles. The highest BCUT2D eigenvalue weighted by Gasteiger charge is 2.14. The molecule has 4 rings (SSSR count). The zero-order valence-corrected chi connectivity index (χ0v) is 20.0. The Morgan fingerprint density at radius 3 is 2.62 bits per heavy atom. The van der Waals surface area contributed by atoms with Crippen LogP contribution in [-0.2, 0) is 13.2 Å². The second-order valence-corrected chi connectivity index (χ2v) is 8.65. The molecule has 1 heterocycles. The number of ether oxygens (including phenoxy) is 1. The van der Waals surface area contributed by atoms with Crippen LogP contribution in [0.5, 0.6) is 5.75 Å². The predicted octanol–water partition coefficient (Wildman–Crippen LogP) is 6.48. The Morgan fingerprint density at radius 2 is 1.85 bits per heavy atom. The molecule has 0 bridgehead atoms. The first kappa shape index (κ1) is 23.5. The predicted molar refractivity (Wildman–Crippen MR) is 132 cm³/mol. The smallest absolute Gasteiger partial charge is 0.256 e. The molecule has 1 amide bonds. The molecule has 34 heavy (non-hydrogen) atoms. The second kappa shape index (κ2) is 10.1. The van der Waals surface area contributed by atoms with E-state index < -0.39 is 5.82 Å². The van der Waals surface area contributed by atoms with Gasteiger partial charge in [-0.25, -0.2) is 4.39 Å². The minimum Gasteiger partial charge on any atom is -0.489 e. The van der Waals surface area contributed by atoms with Gasteiger partial charge in [0, 0.05) is 27.9 Å². The lowest BCUT2D eigenvalue weighted by Gasteiger charge is -2.11. The summed E-state index contributed by atoms with van der Waals surface area (Å²) in [6, 6.07) is 19.6. The van der Waals surface area contributed by atoms with Gasteiger partial charge in [-0.1, -0.05) is 47.5 Å². The molecule has 1 aromatic heterocycles. The standard InChI is InChI=1S/C27H25ClFN3O2/c1-17-10-11-25(18(2)12-17)34-16-20-6-4-7-21(14-20)27(33)30-26-13-19(3)32(31-26)15-22-23(28)8-5-9-24(22)29/h4-14H,15-16H2,1-3H3,(H,30,31,33). The van der Waals surface area contributed by atoms with Crippen molar-refractivity contribution in [2.75, 3.05) is 5.32 Å². The van der Waals surface area contributed by atoms with E-state index in [4.69, 9.17) is 16.3 Å². The van der Waals surface area contributed by atoms with Crippen molar-refractivity contribution in [2.24, 2.45) is 0 Å². The van der Waals surface area contributed by atoms with Gasteiger partial charge < -0.3 is 10.1 Å². The van der Waals surface area contributed by atoms with E-state index in [1.165, 1.54) is 11.6 Å². The van der Waals surface area contributed by atoms with Crippen LogP contribution < -0.4 is 10.1 Å². The van der Waals surface area contributed by atoms with Crippen LogP contribution in [0.3, 0.4) is 0 Å². The fourth-order valence-electron chi connectivity index (χ4n) is 3.68. The van der Waals surface area contributed by atoms with Gasteiger partial charge in [0.25, 0.3) is 5.91 Å². The van der Waals surface area contributed by atoms with Crippen LogP contribution in [-0.4, -0.2) is 15.7 Å². The number of aryl methyl sites for hydroxylation is 3. The van der Waals surface area contributed by atoms with E-state index in [-0.39, 0.29) is 12.5 Å². The van der Waals surface area contributed by atoms with Gasteiger partial charge in [-0.15, -0.1) is 0 Å². The first-order chi connectivity index (χ1) is 16.3. The molecule has 174 valence electrons. The quantitative estimate of drug-likeness (QED) is 0.331. The molecule has 0 unspecified atom stereocenters. The Balaban J connectivity index is 1.43. The number of hydrogen-bond donors (Lipinski definition) is 1. The largest absolute Gasteiger partial charge is 0.489 e. The van der Waals surface area contributed by atoms with Crippen LogP contribution in [0.15, 0.2) is 66.7 Å². The molecule has 4 aromatic rings. The van der Waals surface area contributed by atoms with Crippen molar-refractivity contribution in [1.82, 2.24) is 9.78 Å². The van der Waals surface area contributed by atoms with Gasteiger partial charge in [-0.3, -0.25) is 9.48 Å². The number of hydrogen-bond acceptors (Lipinski definition) is 3. The molecule has 0 fully saturated rings. The van der Waals surface area contributed by atoms with Crippen molar-refractivity contribution >= 4 is 23.3 Å². The molecule has 0 saturated heterocycles. The number of aromatic nitrogens is 2. The molecule has 7 heteroatoms. The first-order valence-electron chi connectivity index (χ1n) is 10.9. The van der Waals surface area contributed by atoms with Crippen molar-refractivity contribution in [3.05, 3.63) is 111 Å². The van der Waals surface area contributed by atoms with Crippen molar-refractivity contribution < 1.29 is 13.9 Å². The number of nitrogens with one attached hydrogen (secondary N) is 1. The van der Waals surface area contributed by atoms with Gasteiger partial charge in [0.1, 0.15) is 18.2 Å². The van der Waals surface area contributed by atoms with Crippen LogP contribution in [0.1, 0.15) is 38.3 Å². The number of rotatable bonds is 7. The van der Waals surface area contributed by atoms with Gasteiger partial charge in [-0.2, -0.15) is 5.10 Å². The van der Waals surface area contributed by atoms with Gasteiger partial charge in [0.05, 0.1) is 6.54 Å². The lowest BCUT2D eigenvalue weighted by atomic mass is 10.1. The Kier molecular flexibility index (Phi) is 6.98. The van der Waals surface area contributed by atoms with E-state index in [1.807, 2.05) is 45.0 Å². The number of halogens is 2. The molecular formula is C27H25ClFN3O2. The van der Waals surface area contributed by atoms with E-state index >= 15 is 0 Å². The number of anilines is 1. The molecular weight excluding hydrogens is 453 g/mol. The van der Waals surface area contributed by atoms with E-state index in [9.17, 15) is 9.18 Å². The summed E-state index contributed by atoms with van der Waals surface area (Å²) in [6.45, 7) is 6.40. The third-order valence-electron chi connectivity index (χ3n) is 5.51. The third-order valence-corrected chi connectivity index (χ3v) is 5.86. The first-order valence-corrected chi connectivity index (χ1v) is 11.3. The highest BCUT2D eigenvalue weighted by molar-refractivity contribution is 6.31. The normalized spacial score (nSPS) is 10.9. The van der Waals surface area contributed by atoms with Crippen molar-refractivity contribution in [1.29, 1.82) is 0 Å². The molecule has 0 spiro atoms. The third kappa shape index (κ3) is 5.46. The molecule has 0 saturated carbocycles. The van der Waals surface area contributed by atoms with Gasteiger partial charge >= 0.3 is 0 Å². The van der Waals surface area contributed by atoms with E-state index in [2.05, 4.69) is 16.5 Å². The highest BCUT2D eigenvalue weighted by Crippen LogP contribution is 2.22. The molecule has 1 N–H and O–H groups in total. The summed E-state index contributed by atoms with van der Waals surface area (Å²) in [5, 5.41) is 7.55. The summed E-state index contributed by atoms with van der Waals surface area (Å²) in [6.07, 6.45) is 0. The molecule has 0 aliphatic rings. The number of nitrogens with zero attached hydrogens (tertiary/aromatic N) is 2. The maximum absolute atomic E-state index is 14.1. The summed E-state index contributed by atoms with van der Waals surface area (Å²) in [5.41, 5.74) is 4.74. The minimum atomic E-state index is -0.396. The van der Waals surface area contributed by atoms with Crippen molar-refractivity contribution in [2.45, 2.75) is 33.9 Å². The summed E-state index contributed by atoms with van der Waals surface area (Å²) < 4.78 is 21.7. The second-order valence-electron chi connectivity index (χ2n) is 8.24. The Morgan fingerprint density at radius 1 is 1.06 bits per heavy atom.